The maximum absolute atomic E-state index is 14.6. The Hall–Kier alpha value is -5.28. The predicted octanol–water partition coefficient (Wildman–Crippen LogP) is 19.9. The molecule has 2 nitrogen and oxygen atoms in total. The first-order valence-corrected chi connectivity index (χ1v) is 38.7. The minimum absolute atomic E-state index is 0.0689. The molecular formula is C56H40Cl2F12O2SiZr. The van der Waals surface area contributed by atoms with E-state index in [0.717, 1.165) is 0 Å². The standard InChI is InChI=1S/2C27H17F6O.C2H6Si.2ClH.Zr/c2*1-2-15-7-8-16-9-19(25-22-6-4-3-5-17(22)14-34-25)12-23(16)24(15)18-10-20(26(28,29)30)13-21(11-18)27(31,32)33;1-3-2;;;/h2*3-14H,2H2,1H3;1-2H3;2*1H;/q;;;;;+2/p-2. The van der Waals surface area contributed by atoms with Crippen molar-refractivity contribution >= 4 is 67.3 Å². The summed E-state index contributed by atoms with van der Waals surface area (Å²) in [5, 5.41) is 2.50. The molecule has 2 aliphatic rings. The van der Waals surface area contributed by atoms with Crippen LogP contribution in [0, 0.1) is 0 Å². The Kier molecular flexibility index (Phi) is 12.6. The number of hydrogen-bond donors (Lipinski definition) is 0. The van der Waals surface area contributed by atoms with Gasteiger partial charge in [0, 0.05) is 0 Å². The van der Waals surface area contributed by atoms with Crippen LogP contribution in [0.5, 0.6) is 0 Å². The normalized spacial score (nSPS) is 16.5. The second-order valence-electron chi connectivity index (χ2n) is 19.0. The van der Waals surface area contributed by atoms with Gasteiger partial charge in [0.05, 0.1) is 0 Å². The van der Waals surface area contributed by atoms with Gasteiger partial charge in [0.1, 0.15) is 0 Å². The van der Waals surface area contributed by atoms with Crippen molar-refractivity contribution in [3.63, 3.8) is 0 Å². The summed E-state index contributed by atoms with van der Waals surface area (Å²) in [7, 11) is 17.7. The van der Waals surface area contributed by atoms with Gasteiger partial charge in [-0.05, 0) is 0 Å². The Morgan fingerprint density at radius 3 is 1.14 bits per heavy atom. The summed E-state index contributed by atoms with van der Waals surface area (Å²) < 4.78 is 186. The fourth-order valence-electron chi connectivity index (χ4n) is 11.2. The molecule has 6 aromatic carbocycles. The van der Waals surface area contributed by atoms with Crippen LogP contribution in [0.15, 0.2) is 131 Å². The quantitative estimate of drug-likeness (QED) is 0.112. The van der Waals surface area contributed by atoms with Crippen LogP contribution in [0.2, 0.25) is 13.1 Å². The molecule has 2 aromatic heterocycles. The Bertz CT molecular complexity index is 3470. The summed E-state index contributed by atoms with van der Waals surface area (Å²) >= 11 is -6.46. The fourth-order valence-corrected chi connectivity index (χ4v) is 38.8. The van der Waals surface area contributed by atoms with Gasteiger partial charge in [-0.3, -0.25) is 0 Å². The van der Waals surface area contributed by atoms with Gasteiger partial charge >= 0.3 is 427 Å². The molecule has 2 unspecified atom stereocenters. The Morgan fingerprint density at radius 2 is 0.824 bits per heavy atom. The van der Waals surface area contributed by atoms with Crippen molar-refractivity contribution < 1.29 is 76.5 Å². The number of furan rings is 2. The molecule has 8 aromatic rings. The van der Waals surface area contributed by atoms with E-state index in [1.165, 1.54) is 12.5 Å². The van der Waals surface area contributed by atoms with E-state index in [0.29, 0.717) is 79.2 Å². The molecule has 0 N–H and O–H groups in total. The summed E-state index contributed by atoms with van der Waals surface area (Å²) in [5.41, 5.74) is -5.83. The third-order valence-electron chi connectivity index (χ3n) is 14.6. The van der Waals surface area contributed by atoms with E-state index in [1.54, 1.807) is 98.8 Å². The van der Waals surface area contributed by atoms with E-state index in [9.17, 15) is 52.7 Å². The molecule has 0 amide bonds. The van der Waals surface area contributed by atoms with Crippen molar-refractivity contribution in [3.8, 4) is 22.3 Å². The van der Waals surface area contributed by atoms with Crippen molar-refractivity contribution in [2.45, 2.75) is 71.7 Å². The van der Waals surface area contributed by atoms with Gasteiger partial charge in [-0.1, -0.05) is 0 Å². The average molecular weight is 1160 g/mol. The molecule has 0 radical (unpaired) electrons. The molecule has 0 spiro atoms. The summed E-state index contributed by atoms with van der Waals surface area (Å²) in [6.07, 6.45) is -13.9. The predicted molar refractivity (Wildman–Crippen MR) is 265 cm³/mol. The van der Waals surface area contributed by atoms with E-state index in [4.69, 9.17) is 25.9 Å². The van der Waals surface area contributed by atoms with Gasteiger partial charge < -0.3 is 0 Å². The molecule has 0 bridgehead atoms. The van der Waals surface area contributed by atoms with Crippen LogP contribution in [-0.4, -0.2) is 5.43 Å². The van der Waals surface area contributed by atoms with E-state index < -0.39 is 74.7 Å². The molecule has 10 rings (SSSR count). The van der Waals surface area contributed by atoms with Gasteiger partial charge in [0.2, 0.25) is 0 Å². The average Bonchev–Trinajstić information content (AvgIpc) is 4.15. The third kappa shape index (κ3) is 8.45. The number of benzene rings is 6. The first-order chi connectivity index (χ1) is 34.6. The molecule has 0 fully saturated rings. The van der Waals surface area contributed by atoms with Gasteiger partial charge in [0.25, 0.3) is 0 Å². The molecule has 2 aliphatic carbocycles. The molecule has 0 saturated heterocycles. The SMILES string of the molecule is CCc1ccc2c(c1-c1cc(C(F)(F)F)cc(C(F)(F)F)c1)C=C(c1occ3ccccc13)[CH]2[Zr]([Cl])([Cl])([CH]1C(c2occ3ccccc23)=Cc2c1ccc(CC)c2-c1cc(C(F)(F)F)cc(C(F)(F)F)c1)=[Si](C)C. The van der Waals surface area contributed by atoms with E-state index in [-0.39, 0.29) is 69.9 Å². The second kappa shape index (κ2) is 17.9. The van der Waals surface area contributed by atoms with Crippen LogP contribution < -0.4 is 0 Å². The number of rotatable bonds is 8. The van der Waals surface area contributed by atoms with Crippen molar-refractivity contribution in [1.29, 1.82) is 0 Å². The monoisotopic (exact) mass is 1160 g/mol. The molecule has 0 saturated carbocycles. The van der Waals surface area contributed by atoms with Gasteiger partial charge in [-0.15, -0.1) is 0 Å². The fraction of sp³-hybridized carbons (Fsp3) is 0.214. The molecule has 2 heterocycles. The Balaban J connectivity index is 1.34. The maximum atomic E-state index is 14.6. The van der Waals surface area contributed by atoms with Crippen molar-refractivity contribution in [2.75, 3.05) is 0 Å². The minimum atomic E-state index is -6.46. The molecule has 2 atom stereocenters. The van der Waals surface area contributed by atoms with E-state index in [1.807, 2.05) is 13.1 Å². The van der Waals surface area contributed by atoms with Crippen LogP contribution in [0.3, 0.4) is 0 Å². The Labute approximate surface area is 424 Å². The van der Waals surface area contributed by atoms with Crippen LogP contribution in [-0.2, 0) is 52.6 Å². The zero-order valence-electron chi connectivity index (χ0n) is 39.4. The summed E-state index contributed by atoms with van der Waals surface area (Å²) in [4.78, 5) is 0. The molecule has 18 heteroatoms. The Morgan fingerprint density at radius 1 is 0.486 bits per heavy atom. The van der Waals surface area contributed by atoms with E-state index in [2.05, 4.69) is 0 Å². The summed E-state index contributed by atoms with van der Waals surface area (Å²) in [6, 6.07) is 24.0. The summed E-state index contributed by atoms with van der Waals surface area (Å²) in [5.74, 6) is 0.571. The van der Waals surface area contributed by atoms with Crippen LogP contribution in [0.1, 0.15) is 88.3 Å². The first kappa shape index (κ1) is 52.2. The van der Waals surface area contributed by atoms with Gasteiger partial charge in [-0.25, -0.2) is 0 Å². The van der Waals surface area contributed by atoms with Crippen molar-refractivity contribution in [3.05, 3.63) is 189 Å². The topological polar surface area (TPSA) is 26.3 Å². The zero-order chi connectivity index (χ0) is 53.3. The zero-order valence-corrected chi connectivity index (χ0v) is 44.3. The number of halogens is 14. The number of fused-ring (bicyclic) bond motifs is 4. The molecular weight excluding hydrogens is 1120 g/mol. The van der Waals surface area contributed by atoms with Gasteiger partial charge in [-0.2, -0.15) is 0 Å². The molecule has 0 aliphatic heterocycles. The number of hydrogen-bond acceptors (Lipinski definition) is 2. The van der Waals surface area contributed by atoms with Crippen LogP contribution in [0.4, 0.5) is 52.7 Å². The van der Waals surface area contributed by atoms with Gasteiger partial charge in [0.15, 0.2) is 0 Å². The summed E-state index contributed by atoms with van der Waals surface area (Å²) in [6.45, 7) is 7.26. The van der Waals surface area contributed by atoms with Crippen molar-refractivity contribution in [2.24, 2.45) is 0 Å². The third-order valence-corrected chi connectivity index (χ3v) is 60.9. The second-order valence-corrected chi connectivity index (χ2v) is 57.8. The molecule has 74 heavy (non-hydrogen) atoms. The number of aryl methyl sites for hydroxylation is 2. The number of alkyl halides is 12. The number of allylic oxidation sites excluding steroid dienone is 2. The molecule has 382 valence electrons. The van der Waals surface area contributed by atoms with Crippen LogP contribution in [0.25, 0.3) is 67.1 Å². The van der Waals surface area contributed by atoms with E-state index >= 15 is 0 Å². The first-order valence-electron chi connectivity index (χ1n) is 23.3. The van der Waals surface area contributed by atoms with Crippen molar-refractivity contribution in [1.82, 2.24) is 0 Å². The van der Waals surface area contributed by atoms with Crippen LogP contribution >= 0.6 is 17.0 Å².